The maximum absolute atomic E-state index is 13.0. The number of methoxy groups -OCH3 is 1. The second-order valence-corrected chi connectivity index (χ2v) is 6.10. The lowest BCUT2D eigenvalue weighted by molar-refractivity contribution is 0.186. The second-order valence-electron chi connectivity index (χ2n) is 6.10. The van der Waals surface area contributed by atoms with Gasteiger partial charge in [0.25, 0.3) is 5.56 Å². The molecular formula is C18H19N3O4. The van der Waals surface area contributed by atoms with E-state index >= 15 is 0 Å². The fourth-order valence-electron chi connectivity index (χ4n) is 3.56. The molecule has 1 aliphatic rings. The van der Waals surface area contributed by atoms with Crippen molar-refractivity contribution in [1.29, 1.82) is 0 Å². The molecule has 7 nitrogen and oxygen atoms in total. The van der Waals surface area contributed by atoms with Crippen LogP contribution in [0.25, 0.3) is 21.8 Å². The van der Waals surface area contributed by atoms with Crippen LogP contribution < -0.4 is 16.0 Å². The molecule has 3 heterocycles. The Balaban J connectivity index is 2.24. The van der Waals surface area contributed by atoms with Crippen LogP contribution in [-0.4, -0.2) is 34.4 Å². The molecule has 0 spiro atoms. The van der Waals surface area contributed by atoms with Crippen LogP contribution in [-0.2, 0) is 11.3 Å². The largest absolute Gasteiger partial charge is 0.494 e. The van der Waals surface area contributed by atoms with E-state index < -0.39 is 0 Å². The van der Waals surface area contributed by atoms with Gasteiger partial charge in [-0.25, -0.2) is 4.79 Å². The zero-order valence-corrected chi connectivity index (χ0v) is 14.2. The highest BCUT2D eigenvalue weighted by atomic mass is 16.5. The SMILES string of the molecule is CCn1c(=O)c2cnc3c(OC)cccc3c2n(C2CCOC2)c1=O. The number of nitrogens with zero attached hydrogens (tertiary/aromatic N) is 3. The summed E-state index contributed by atoms with van der Waals surface area (Å²) >= 11 is 0. The van der Waals surface area contributed by atoms with Crippen LogP contribution in [0.15, 0.2) is 34.0 Å². The molecule has 25 heavy (non-hydrogen) atoms. The number of benzene rings is 1. The van der Waals surface area contributed by atoms with Crippen molar-refractivity contribution in [2.45, 2.75) is 25.9 Å². The third-order valence-electron chi connectivity index (χ3n) is 4.79. The van der Waals surface area contributed by atoms with Gasteiger partial charge in [0, 0.05) is 24.7 Å². The van der Waals surface area contributed by atoms with Gasteiger partial charge in [0.15, 0.2) is 0 Å². The van der Waals surface area contributed by atoms with Crippen LogP contribution >= 0.6 is 0 Å². The zero-order chi connectivity index (χ0) is 17.6. The molecule has 0 aliphatic carbocycles. The fraction of sp³-hybridized carbons (Fsp3) is 0.389. The molecule has 1 unspecified atom stereocenters. The first-order valence-electron chi connectivity index (χ1n) is 8.35. The lowest BCUT2D eigenvalue weighted by Gasteiger charge is -2.19. The van der Waals surface area contributed by atoms with E-state index in [1.54, 1.807) is 24.8 Å². The predicted molar refractivity (Wildman–Crippen MR) is 94.5 cm³/mol. The molecule has 1 aliphatic heterocycles. The molecule has 7 heteroatoms. The summed E-state index contributed by atoms with van der Waals surface area (Å²) in [6.45, 7) is 3.18. The number of hydrogen-bond acceptors (Lipinski definition) is 5. The van der Waals surface area contributed by atoms with Crippen molar-refractivity contribution in [3.05, 3.63) is 45.2 Å². The van der Waals surface area contributed by atoms with Crippen molar-refractivity contribution >= 4 is 21.8 Å². The minimum Gasteiger partial charge on any atom is -0.494 e. The summed E-state index contributed by atoms with van der Waals surface area (Å²) in [6.07, 6.45) is 2.28. The predicted octanol–water partition coefficient (Wildman–Crippen LogP) is 1.70. The van der Waals surface area contributed by atoms with Crippen molar-refractivity contribution in [1.82, 2.24) is 14.1 Å². The van der Waals surface area contributed by atoms with Crippen LogP contribution in [0.5, 0.6) is 5.75 Å². The summed E-state index contributed by atoms with van der Waals surface area (Å²) in [4.78, 5) is 30.3. The summed E-state index contributed by atoms with van der Waals surface area (Å²) in [5, 5.41) is 1.18. The quantitative estimate of drug-likeness (QED) is 0.678. The maximum atomic E-state index is 13.0. The first-order chi connectivity index (χ1) is 12.2. The molecule has 130 valence electrons. The lowest BCUT2D eigenvalue weighted by Crippen LogP contribution is -2.41. The van der Waals surface area contributed by atoms with E-state index in [1.165, 1.54) is 4.57 Å². The Hall–Kier alpha value is -2.67. The van der Waals surface area contributed by atoms with E-state index in [0.29, 0.717) is 41.9 Å². The highest BCUT2D eigenvalue weighted by Gasteiger charge is 2.25. The Kier molecular flexibility index (Phi) is 3.80. The van der Waals surface area contributed by atoms with Gasteiger partial charge in [-0.05, 0) is 19.4 Å². The van der Waals surface area contributed by atoms with Gasteiger partial charge in [-0.15, -0.1) is 0 Å². The average molecular weight is 341 g/mol. The van der Waals surface area contributed by atoms with E-state index in [1.807, 2.05) is 18.2 Å². The van der Waals surface area contributed by atoms with Crippen LogP contribution in [0, 0.1) is 0 Å². The van der Waals surface area contributed by atoms with E-state index in [4.69, 9.17) is 9.47 Å². The van der Waals surface area contributed by atoms with Crippen molar-refractivity contribution < 1.29 is 9.47 Å². The minimum atomic E-state index is -0.310. The number of fused-ring (bicyclic) bond motifs is 3. The summed E-state index contributed by atoms with van der Waals surface area (Å²) in [7, 11) is 1.58. The number of rotatable bonds is 3. The second kappa shape index (κ2) is 6.00. The molecule has 2 aromatic heterocycles. The summed E-state index contributed by atoms with van der Waals surface area (Å²) in [6, 6.07) is 5.43. The van der Waals surface area contributed by atoms with Gasteiger partial charge in [-0.3, -0.25) is 18.9 Å². The Morgan fingerprint density at radius 1 is 1.32 bits per heavy atom. The molecule has 4 rings (SSSR count). The number of pyridine rings is 1. The Morgan fingerprint density at radius 3 is 2.84 bits per heavy atom. The Bertz CT molecular complexity index is 1080. The molecule has 1 saturated heterocycles. The monoisotopic (exact) mass is 341 g/mol. The smallest absolute Gasteiger partial charge is 0.331 e. The highest BCUT2D eigenvalue weighted by Crippen LogP contribution is 2.30. The number of ether oxygens (including phenoxy) is 2. The number of para-hydroxylation sites is 1. The van der Waals surface area contributed by atoms with E-state index in [2.05, 4.69) is 4.98 Å². The summed E-state index contributed by atoms with van der Waals surface area (Å²) < 4.78 is 13.8. The van der Waals surface area contributed by atoms with E-state index in [0.717, 1.165) is 11.8 Å². The molecule has 1 fully saturated rings. The molecule has 1 atom stereocenters. The van der Waals surface area contributed by atoms with Crippen LogP contribution in [0.4, 0.5) is 0 Å². The maximum Gasteiger partial charge on any atom is 0.331 e. The van der Waals surface area contributed by atoms with Gasteiger partial charge in [-0.2, -0.15) is 0 Å². The highest BCUT2D eigenvalue weighted by molar-refractivity contribution is 6.04. The van der Waals surface area contributed by atoms with Gasteiger partial charge < -0.3 is 9.47 Å². The van der Waals surface area contributed by atoms with Crippen LogP contribution in [0.3, 0.4) is 0 Å². The molecular weight excluding hydrogens is 322 g/mol. The third-order valence-corrected chi connectivity index (χ3v) is 4.79. The molecule has 0 N–H and O–H groups in total. The minimum absolute atomic E-state index is 0.0924. The molecule has 1 aromatic carbocycles. The van der Waals surface area contributed by atoms with E-state index in [-0.39, 0.29) is 17.3 Å². The molecule has 0 amide bonds. The fourth-order valence-corrected chi connectivity index (χ4v) is 3.56. The summed E-state index contributed by atoms with van der Waals surface area (Å²) in [5.41, 5.74) is 0.637. The number of hydrogen-bond donors (Lipinski definition) is 0. The van der Waals surface area contributed by atoms with Gasteiger partial charge in [0.05, 0.1) is 30.7 Å². The molecule has 0 radical (unpaired) electrons. The van der Waals surface area contributed by atoms with Crippen molar-refractivity contribution in [3.8, 4) is 5.75 Å². The summed E-state index contributed by atoms with van der Waals surface area (Å²) in [5.74, 6) is 0.612. The molecule has 0 bridgehead atoms. The normalized spacial score (nSPS) is 17.4. The van der Waals surface area contributed by atoms with Crippen molar-refractivity contribution in [2.24, 2.45) is 0 Å². The first-order valence-corrected chi connectivity index (χ1v) is 8.35. The van der Waals surface area contributed by atoms with Crippen molar-refractivity contribution in [3.63, 3.8) is 0 Å². The van der Waals surface area contributed by atoms with Gasteiger partial charge in [0.1, 0.15) is 11.3 Å². The van der Waals surface area contributed by atoms with Gasteiger partial charge in [0.2, 0.25) is 0 Å². The number of aromatic nitrogens is 3. The average Bonchev–Trinajstić information content (AvgIpc) is 3.15. The molecule has 3 aromatic rings. The standard InChI is InChI=1S/C18H19N3O4/c1-3-20-17(22)13-9-19-15-12(5-4-6-14(15)24-2)16(13)21(18(20)23)11-7-8-25-10-11/h4-6,9,11H,3,7-8,10H2,1-2H3. The zero-order valence-electron chi connectivity index (χ0n) is 14.2. The van der Waals surface area contributed by atoms with Crippen LogP contribution in [0.2, 0.25) is 0 Å². The third kappa shape index (κ3) is 2.26. The van der Waals surface area contributed by atoms with E-state index in [9.17, 15) is 9.59 Å². The van der Waals surface area contributed by atoms with Gasteiger partial charge in [-0.1, -0.05) is 12.1 Å². The van der Waals surface area contributed by atoms with Gasteiger partial charge >= 0.3 is 5.69 Å². The Labute approximate surface area is 143 Å². The topological polar surface area (TPSA) is 75.3 Å². The van der Waals surface area contributed by atoms with Crippen LogP contribution in [0.1, 0.15) is 19.4 Å². The van der Waals surface area contributed by atoms with Crippen molar-refractivity contribution in [2.75, 3.05) is 20.3 Å². The first kappa shape index (κ1) is 15.8. The molecule has 0 saturated carbocycles. The lowest BCUT2D eigenvalue weighted by atomic mass is 10.1. The Morgan fingerprint density at radius 2 is 2.16 bits per heavy atom.